The first kappa shape index (κ1) is 10.5. The van der Waals surface area contributed by atoms with E-state index >= 15 is 0 Å². The number of hydrogen-bond donors (Lipinski definition) is 0. The van der Waals surface area contributed by atoms with Gasteiger partial charge in [-0.25, -0.2) is 4.98 Å². The van der Waals surface area contributed by atoms with Crippen molar-refractivity contribution in [1.29, 1.82) is 0 Å². The lowest BCUT2D eigenvalue weighted by atomic mass is 10.2. The molecule has 0 atom stereocenters. The molecule has 0 unspecified atom stereocenters. The maximum absolute atomic E-state index is 4.60. The van der Waals surface area contributed by atoms with Gasteiger partial charge in [-0.15, -0.1) is 10.2 Å². The van der Waals surface area contributed by atoms with Crippen molar-refractivity contribution >= 4 is 17.6 Å². The summed E-state index contributed by atoms with van der Waals surface area (Å²) in [7, 11) is 2.04. The van der Waals surface area contributed by atoms with E-state index in [9.17, 15) is 0 Å². The van der Waals surface area contributed by atoms with Gasteiger partial charge in [-0.05, 0) is 0 Å². The Morgan fingerprint density at radius 2 is 2.00 bits per heavy atom. The van der Waals surface area contributed by atoms with Crippen LogP contribution in [0.15, 0.2) is 35.4 Å². The van der Waals surface area contributed by atoms with Crippen LogP contribution in [0.1, 0.15) is 0 Å². The highest BCUT2D eigenvalue weighted by Gasteiger charge is 2.18. The Morgan fingerprint density at radius 1 is 1.18 bits per heavy atom. The average Bonchev–Trinajstić information content (AvgIpc) is 2.40. The third-order valence-electron chi connectivity index (χ3n) is 2.70. The van der Waals surface area contributed by atoms with Gasteiger partial charge in [0.2, 0.25) is 0 Å². The second-order valence-corrected chi connectivity index (χ2v) is 4.98. The number of benzene rings is 1. The van der Waals surface area contributed by atoms with E-state index in [1.807, 2.05) is 37.4 Å². The summed E-state index contributed by atoms with van der Waals surface area (Å²) in [6.45, 7) is 1.00. The van der Waals surface area contributed by atoms with E-state index in [0.717, 1.165) is 28.7 Å². The summed E-state index contributed by atoms with van der Waals surface area (Å²) >= 11 is 1.72. The molecule has 0 N–H and O–H groups in total. The van der Waals surface area contributed by atoms with Crippen LogP contribution in [0.4, 0.5) is 5.82 Å². The molecule has 3 rings (SSSR count). The van der Waals surface area contributed by atoms with Crippen molar-refractivity contribution in [1.82, 2.24) is 15.2 Å². The largest absolute Gasteiger partial charge is 0.356 e. The molecule has 5 heteroatoms. The van der Waals surface area contributed by atoms with Crippen molar-refractivity contribution in [3.05, 3.63) is 30.3 Å². The Balaban J connectivity index is 2.06. The molecule has 0 saturated carbocycles. The van der Waals surface area contributed by atoms with Crippen LogP contribution in [0.25, 0.3) is 11.4 Å². The molecule has 2 aromatic rings. The van der Waals surface area contributed by atoms with Gasteiger partial charge in [0.15, 0.2) is 16.7 Å². The molecule has 1 aliphatic rings. The topological polar surface area (TPSA) is 41.9 Å². The van der Waals surface area contributed by atoms with E-state index in [0.29, 0.717) is 5.82 Å². The number of thioether (sulfide) groups is 1. The molecule has 0 amide bonds. The quantitative estimate of drug-likeness (QED) is 0.768. The number of aromatic nitrogens is 3. The van der Waals surface area contributed by atoms with Crippen LogP contribution in [0, 0.1) is 0 Å². The van der Waals surface area contributed by atoms with E-state index in [4.69, 9.17) is 0 Å². The van der Waals surface area contributed by atoms with Crippen LogP contribution in [0.5, 0.6) is 0 Å². The second kappa shape index (κ2) is 4.33. The Morgan fingerprint density at radius 3 is 2.82 bits per heavy atom. The Bertz CT molecular complexity index is 529. The first-order chi connectivity index (χ1) is 8.34. The summed E-state index contributed by atoms with van der Waals surface area (Å²) in [5, 5.41) is 9.37. The highest BCUT2D eigenvalue weighted by molar-refractivity contribution is 7.99. The first-order valence-corrected chi connectivity index (χ1v) is 6.47. The smallest absolute Gasteiger partial charge is 0.183 e. The molecule has 4 nitrogen and oxygen atoms in total. The number of fused-ring (bicyclic) bond motifs is 1. The second-order valence-electron chi connectivity index (χ2n) is 3.90. The van der Waals surface area contributed by atoms with Crippen molar-refractivity contribution in [3.63, 3.8) is 0 Å². The number of rotatable bonds is 1. The van der Waals surface area contributed by atoms with E-state index in [1.54, 1.807) is 11.8 Å². The van der Waals surface area contributed by atoms with Crippen LogP contribution < -0.4 is 4.90 Å². The molecule has 0 bridgehead atoms. The van der Waals surface area contributed by atoms with Crippen molar-refractivity contribution in [2.45, 2.75) is 5.03 Å². The van der Waals surface area contributed by atoms with Crippen LogP contribution in [-0.4, -0.2) is 34.5 Å². The summed E-state index contributed by atoms with van der Waals surface area (Å²) in [6, 6.07) is 9.95. The predicted octanol–water partition coefficient (Wildman–Crippen LogP) is 2.08. The summed E-state index contributed by atoms with van der Waals surface area (Å²) in [5.41, 5.74) is 1.01. The van der Waals surface area contributed by atoms with Gasteiger partial charge in [-0.2, -0.15) is 0 Å². The van der Waals surface area contributed by atoms with Crippen molar-refractivity contribution < 1.29 is 0 Å². The number of hydrogen-bond acceptors (Lipinski definition) is 5. The summed E-state index contributed by atoms with van der Waals surface area (Å²) < 4.78 is 0. The molecule has 0 spiro atoms. The van der Waals surface area contributed by atoms with Gasteiger partial charge in [0.1, 0.15) is 0 Å². The van der Waals surface area contributed by atoms with E-state index < -0.39 is 0 Å². The van der Waals surface area contributed by atoms with Gasteiger partial charge < -0.3 is 4.90 Å². The Kier molecular flexibility index (Phi) is 2.68. The Hall–Kier alpha value is -1.62. The highest BCUT2D eigenvalue weighted by Crippen LogP contribution is 2.30. The van der Waals surface area contributed by atoms with Crippen LogP contribution >= 0.6 is 11.8 Å². The van der Waals surface area contributed by atoms with E-state index in [2.05, 4.69) is 20.1 Å². The lowest BCUT2D eigenvalue weighted by Gasteiger charge is -2.24. The number of nitrogens with zero attached hydrogens (tertiary/aromatic N) is 4. The fourth-order valence-corrected chi connectivity index (χ4v) is 2.73. The van der Waals surface area contributed by atoms with Crippen LogP contribution in [-0.2, 0) is 0 Å². The molecule has 0 saturated heterocycles. The standard InChI is InChI=1S/C12H12N4S/c1-16-7-8-17-12-11(16)13-10(14-15-12)9-5-3-2-4-6-9/h2-6H,7-8H2,1H3. The summed E-state index contributed by atoms with van der Waals surface area (Å²) in [4.78, 5) is 6.73. The van der Waals surface area contributed by atoms with Crippen LogP contribution in [0.3, 0.4) is 0 Å². The Labute approximate surface area is 104 Å². The van der Waals surface area contributed by atoms with Crippen molar-refractivity contribution in [2.24, 2.45) is 0 Å². The zero-order chi connectivity index (χ0) is 11.7. The van der Waals surface area contributed by atoms with Crippen molar-refractivity contribution in [2.75, 3.05) is 24.2 Å². The van der Waals surface area contributed by atoms with Crippen molar-refractivity contribution in [3.8, 4) is 11.4 Å². The van der Waals surface area contributed by atoms with Gasteiger partial charge in [-0.3, -0.25) is 0 Å². The monoisotopic (exact) mass is 244 g/mol. The molecule has 1 aromatic heterocycles. The molecule has 2 heterocycles. The molecule has 0 aliphatic carbocycles. The zero-order valence-electron chi connectivity index (χ0n) is 9.50. The maximum atomic E-state index is 4.60. The maximum Gasteiger partial charge on any atom is 0.183 e. The summed E-state index contributed by atoms with van der Waals surface area (Å²) in [5.74, 6) is 2.68. The lowest BCUT2D eigenvalue weighted by molar-refractivity contribution is 0.816. The zero-order valence-corrected chi connectivity index (χ0v) is 10.3. The fraction of sp³-hybridized carbons (Fsp3) is 0.250. The SMILES string of the molecule is CN1CCSc2nnc(-c3ccccc3)nc21. The minimum atomic E-state index is 0.693. The highest BCUT2D eigenvalue weighted by atomic mass is 32.2. The first-order valence-electron chi connectivity index (χ1n) is 5.48. The molecule has 17 heavy (non-hydrogen) atoms. The normalized spacial score (nSPS) is 14.5. The third kappa shape index (κ3) is 1.98. The molecule has 0 radical (unpaired) electrons. The average molecular weight is 244 g/mol. The molecule has 1 aliphatic heterocycles. The van der Waals surface area contributed by atoms with E-state index in [1.165, 1.54) is 0 Å². The third-order valence-corrected chi connectivity index (χ3v) is 3.62. The molecule has 0 fully saturated rings. The van der Waals surface area contributed by atoms with Gasteiger partial charge >= 0.3 is 0 Å². The predicted molar refractivity (Wildman–Crippen MR) is 69.3 cm³/mol. The van der Waals surface area contributed by atoms with Gasteiger partial charge in [-0.1, -0.05) is 42.1 Å². The number of anilines is 1. The summed E-state index contributed by atoms with van der Waals surface area (Å²) in [6.07, 6.45) is 0. The van der Waals surface area contributed by atoms with Gasteiger partial charge in [0.05, 0.1) is 0 Å². The molecule has 1 aromatic carbocycles. The fourth-order valence-electron chi connectivity index (χ4n) is 1.74. The van der Waals surface area contributed by atoms with Crippen LogP contribution in [0.2, 0.25) is 0 Å². The van der Waals surface area contributed by atoms with E-state index in [-0.39, 0.29) is 0 Å². The lowest BCUT2D eigenvalue weighted by Crippen LogP contribution is -2.26. The van der Waals surface area contributed by atoms with Gasteiger partial charge in [0.25, 0.3) is 0 Å². The minimum Gasteiger partial charge on any atom is -0.356 e. The molecular formula is C12H12N4S. The molecular weight excluding hydrogens is 232 g/mol. The van der Waals surface area contributed by atoms with Gasteiger partial charge in [0, 0.05) is 24.9 Å². The minimum absolute atomic E-state index is 0.693. The molecule has 86 valence electrons.